The molecular weight excluding hydrogens is 507 g/mol. The topological polar surface area (TPSA) is 109 Å². The van der Waals surface area contributed by atoms with Crippen molar-refractivity contribution in [1.82, 2.24) is 15.2 Å². The predicted molar refractivity (Wildman–Crippen MR) is 124 cm³/mol. The number of hydrogen-bond acceptors (Lipinski definition) is 7. The van der Waals surface area contributed by atoms with E-state index in [0.29, 0.717) is 37.1 Å². The molecule has 0 spiro atoms. The number of oxime groups is 1. The van der Waals surface area contributed by atoms with Crippen LogP contribution in [0.25, 0.3) is 0 Å². The van der Waals surface area contributed by atoms with Crippen molar-refractivity contribution in [3.05, 3.63) is 81.3 Å². The second kappa shape index (κ2) is 10.7. The van der Waals surface area contributed by atoms with Gasteiger partial charge in [0.15, 0.2) is 5.69 Å². The van der Waals surface area contributed by atoms with Gasteiger partial charge in [0.05, 0.1) is 10.9 Å². The summed E-state index contributed by atoms with van der Waals surface area (Å²) >= 11 is 3.13. The largest absolute Gasteiger partial charge is 0.411 e. The summed E-state index contributed by atoms with van der Waals surface area (Å²) in [5.41, 5.74) is 1.94. The molecule has 0 bridgehead atoms. The maximum absolute atomic E-state index is 13.5. The van der Waals surface area contributed by atoms with Crippen LogP contribution in [0.5, 0.6) is 0 Å². The Labute approximate surface area is 203 Å². The highest BCUT2D eigenvalue weighted by atomic mass is 79.9. The van der Waals surface area contributed by atoms with E-state index in [2.05, 4.69) is 31.4 Å². The Hall–Kier alpha value is -3.40. The molecule has 2 aromatic carbocycles. The van der Waals surface area contributed by atoms with Crippen LogP contribution in [0.2, 0.25) is 0 Å². The summed E-state index contributed by atoms with van der Waals surface area (Å²) in [5.74, 6) is -0.694. The van der Waals surface area contributed by atoms with Gasteiger partial charge in [-0.3, -0.25) is 9.59 Å². The number of piperidine rings is 1. The van der Waals surface area contributed by atoms with Gasteiger partial charge in [0.2, 0.25) is 0 Å². The van der Waals surface area contributed by atoms with Gasteiger partial charge < -0.3 is 10.1 Å². The quantitative estimate of drug-likeness (QED) is 0.281. The number of amides is 1. The van der Waals surface area contributed by atoms with E-state index < -0.39 is 5.82 Å². The number of ketones is 1. The van der Waals surface area contributed by atoms with Gasteiger partial charge in [0, 0.05) is 31.0 Å². The SMILES string of the molecule is O=C(Cc1nonc1/C(Cc1ccc(F)c(Br)c1)=N/O)C1CCN(C(=O)c2ccccc2)CC1. The van der Waals surface area contributed by atoms with Crippen LogP contribution in [0.15, 0.2) is 62.8 Å². The molecule has 0 radical (unpaired) electrons. The summed E-state index contributed by atoms with van der Waals surface area (Å²) in [6, 6.07) is 13.5. The molecule has 1 aliphatic heterocycles. The van der Waals surface area contributed by atoms with Gasteiger partial charge in [-0.2, -0.15) is 0 Å². The van der Waals surface area contributed by atoms with Crippen molar-refractivity contribution in [2.24, 2.45) is 11.1 Å². The number of hydrogen-bond donors (Lipinski definition) is 1. The molecule has 34 heavy (non-hydrogen) atoms. The normalized spacial score (nSPS) is 14.9. The smallest absolute Gasteiger partial charge is 0.253 e. The van der Waals surface area contributed by atoms with E-state index >= 15 is 0 Å². The number of halogens is 2. The summed E-state index contributed by atoms with van der Waals surface area (Å²) in [7, 11) is 0. The van der Waals surface area contributed by atoms with Crippen LogP contribution in [0, 0.1) is 11.7 Å². The van der Waals surface area contributed by atoms with Crippen molar-refractivity contribution in [2.45, 2.75) is 25.7 Å². The maximum Gasteiger partial charge on any atom is 0.253 e. The van der Waals surface area contributed by atoms with E-state index in [1.165, 1.54) is 6.07 Å². The van der Waals surface area contributed by atoms with E-state index in [1.807, 2.05) is 18.2 Å². The van der Waals surface area contributed by atoms with Gasteiger partial charge in [-0.05, 0) is 63.8 Å². The van der Waals surface area contributed by atoms with E-state index in [1.54, 1.807) is 29.2 Å². The zero-order chi connectivity index (χ0) is 24.1. The van der Waals surface area contributed by atoms with Crippen LogP contribution in [-0.4, -0.2) is 50.9 Å². The molecule has 1 amide bonds. The standard InChI is InChI=1S/C24H22BrFN4O4/c25-18-12-15(6-7-19(18)26)13-20(27-33)23-21(28-34-29-23)14-22(31)16-8-10-30(11-9-16)24(32)17-4-2-1-3-5-17/h1-7,12,16,33H,8-11,13-14H2/b27-20+. The Kier molecular flexibility index (Phi) is 7.46. The lowest BCUT2D eigenvalue weighted by Gasteiger charge is -2.31. The summed E-state index contributed by atoms with van der Waals surface area (Å²) < 4.78 is 18.6. The molecule has 176 valence electrons. The number of carbonyl (C=O) groups is 2. The lowest BCUT2D eigenvalue weighted by Crippen LogP contribution is -2.40. The number of likely N-dealkylation sites (tertiary alicyclic amines) is 1. The average molecular weight is 529 g/mol. The molecule has 1 saturated heterocycles. The fraction of sp³-hybridized carbons (Fsp3) is 0.292. The molecule has 1 aromatic heterocycles. The second-order valence-electron chi connectivity index (χ2n) is 8.11. The Morgan fingerprint density at radius 2 is 1.85 bits per heavy atom. The predicted octanol–water partition coefficient (Wildman–Crippen LogP) is 4.06. The minimum atomic E-state index is -0.405. The first-order valence-corrected chi connectivity index (χ1v) is 11.6. The van der Waals surface area contributed by atoms with Crippen molar-refractivity contribution in [1.29, 1.82) is 0 Å². The lowest BCUT2D eigenvalue weighted by atomic mass is 9.89. The van der Waals surface area contributed by atoms with Gasteiger partial charge >= 0.3 is 0 Å². The van der Waals surface area contributed by atoms with Crippen LogP contribution >= 0.6 is 15.9 Å². The van der Waals surface area contributed by atoms with Gasteiger partial charge in [-0.25, -0.2) is 9.02 Å². The van der Waals surface area contributed by atoms with Crippen molar-refractivity contribution < 1.29 is 23.8 Å². The summed E-state index contributed by atoms with van der Waals surface area (Å²) in [6.45, 7) is 0.994. The maximum atomic E-state index is 13.5. The molecule has 0 aliphatic carbocycles. The highest BCUT2D eigenvalue weighted by molar-refractivity contribution is 9.10. The third-order valence-electron chi connectivity index (χ3n) is 5.91. The molecule has 1 N–H and O–H groups in total. The fourth-order valence-corrected chi connectivity index (χ4v) is 4.45. The Morgan fingerprint density at radius 3 is 2.53 bits per heavy atom. The van der Waals surface area contributed by atoms with E-state index in [9.17, 15) is 19.2 Å². The molecule has 0 unspecified atom stereocenters. The first-order valence-electron chi connectivity index (χ1n) is 10.8. The zero-order valence-electron chi connectivity index (χ0n) is 18.2. The molecule has 4 rings (SSSR count). The minimum absolute atomic E-state index is 0.0255. The van der Waals surface area contributed by atoms with Gasteiger partial charge in [0.1, 0.15) is 23.0 Å². The van der Waals surface area contributed by atoms with Gasteiger partial charge in [-0.1, -0.05) is 34.6 Å². The van der Waals surface area contributed by atoms with E-state index in [4.69, 9.17) is 4.63 Å². The van der Waals surface area contributed by atoms with Crippen molar-refractivity contribution >= 4 is 33.3 Å². The molecule has 3 aromatic rings. The van der Waals surface area contributed by atoms with Gasteiger partial charge in [-0.15, -0.1) is 0 Å². The van der Waals surface area contributed by atoms with Crippen molar-refractivity contribution in [2.75, 3.05) is 13.1 Å². The van der Waals surface area contributed by atoms with Crippen LogP contribution in [-0.2, 0) is 17.6 Å². The molecular formula is C24H22BrFN4O4. The minimum Gasteiger partial charge on any atom is -0.411 e. The third kappa shape index (κ3) is 5.39. The molecule has 10 heteroatoms. The van der Waals surface area contributed by atoms with Crippen LogP contribution in [0.1, 0.15) is 40.2 Å². The number of rotatable bonds is 7. The lowest BCUT2D eigenvalue weighted by molar-refractivity contribution is -0.123. The van der Waals surface area contributed by atoms with E-state index in [-0.39, 0.29) is 52.0 Å². The summed E-state index contributed by atoms with van der Waals surface area (Å²) in [5, 5.41) is 20.5. The zero-order valence-corrected chi connectivity index (χ0v) is 19.7. The molecule has 0 atom stereocenters. The fourth-order valence-electron chi connectivity index (χ4n) is 4.03. The highest BCUT2D eigenvalue weighted by Crippen LogP contribution is 2.23. The van der Waals surface area contributed by atoms with E-state index in [0.717, 1.165) is 0 Å². The Bertz CT molecular complexity index is 1210. The average Bonchev–Trinajstić information content (AvgIpc) is 3.32. The van der Waals surface area contributed by atoms with Crippen molar-refractivity contribution in [3.8, 4) is 0 Å². The van der Waals surface area contributed by atoms with Gasteiger partial charge in [0.25, 0.3) is 5.91 Å². The molecule has 1 aliphatic rings. The second-order valence-corrected chi connectivity index (χ2v) is 8.96. The number of benzene rings is 2. The number of carbonyl (C=O) groups excluding carboxylic acids is 2. The van der Waals surface area contributed by atoms with Crippen LogP contribution in [0.4, 0.5) is 4.39 Å². The molecule has 0 saturated carbocycles. The summed E-state index contributed by atoms with van der Waals surface area (Å²) in [4.78, 5) is 27.3. The Balaban J connectivity index is 1.38. The first kappa shape index (κ1) is 23.7. The first-order chi connectivity index (χ1) is 16.5. The number of Topliss-reactive ketones (excluding diaryl/α,β-unsaturated/α-hetero) is 1. The third-order valence-corrected chi connectivity index (χ3v) is 6.51. The van der Waals surface area contributed by atoms with Crippen LogP contribution in [0.3, 0.4) is 0 Å². The molecule has 1 fully saturated rings. The monoisotopic (exact) mass is 528 g/mol. The Morgan fingerprint density at radius 1 is 1.12 bits per heavy atom. The number of nitrogens with zero attached hydrogens (tertiary/aromatic N) is 4. The number of aromatic nitrogens is 2. The van der Waals surface area contributed by atoms with Crippen molar-refractivity contribution in [3.63, 3.8) is 0 Å². The highest BCUT2D eigenvalue weighted by Gasteiger charge is 2.29. The van der Waals surface area contributed by atoms with Crippen LogP contribution < -0.4 is 0 Å². The summed E-state index contributed by atoms with van der Waals surface area (Å²) in [6.07, 6.45) is 1.23. The molecule has 8 nitrogen and oxygen atoms in total. The molecule has 2 heterocycles.